The second-order valence-corrected chi connectivity index (χ2v) is 7.35. The lowest BCUT2D eigenvalue weighted by Crippen LogP contribution is -2.52. The molecule has 4 nitrogen and oxygen atoms in total. The molecule has 0 radical (unpaired) electrons. The Hall–Kier alpha value is -1.58. The van der Waals surface area contributed by atoms with Crippen molar-refractivity contribution in [3.05, 3.63) is 23.7 Å². The first-order chi connectivity index (χ1) is 10.1. The predicted molar refractivity (Wildman–Crippen MR) is 79.8 cm³/mol. The number of furan rings is 1. The second kappa shape index (κ2) is 4.72. The lowest BCUT2D eigenvalue weighted by atomic mass is 9.49. The van der Waals surface area contributed by atoms with Crippen LogP contribution in [0.5, 0.6) is 0 Å². The Bertz CT molecular complexity index is 552. The maximum Gasteiger partial charge on any atom is 0.246 e. The number of amides is 1. The first-order valence-corrected chi connectivity index (χ1v) is 8.03. The first-order valence-electron chi connectivity index (χ1n) is 8.03. The largest absolute Gasteiger partial charge is 0.460 e. The Labute approximate surface area is 125 Å². The first kappa shape index (κ1) is 13.1. The Morgan fingerprint density at radius 1 is 1.24 bits per heavy atom. The van der Waals surface area contributed by atoms with Crippen molar-refractivity contribution in [1.82, 2.24) is 5.43 Å². The van der Waals surface area contributed by atoms with Gasteiger partial charge in [0.25, 0.3) is 0 Å². The van der Waals surface area contributed by atoms with Crippen molar-refractivity contribution in [2.75, 3.05) is 0 Å². The zero-order valence-electron chi connectivity index (χ0n) is 12.5. The summed E-state index contributed by atoms with van der Waals surface area (Å²) in [7, 11) is 0. The van der Waals surface area contributed by atoms with E-state index < -0.39 is 0 Å². The fraction of sp³-hybridized carbons (Fsp3) is 0.647. The molecule has 0 unspecified atom stereocenters. The van der Waals surface area contributed by atoms with Gasteiger partial charge >= 0.3 is 0 Å². The Morgan fingerprint density at radius 2 is 1.86 bits per heavy atom. The molecule has 0 aliphatic heterocycles. The Balaban J connectivity index is 1.44. The monoisotopic (exact) mass is 286 g/mol. The minimum atomic E-state index is -0.134. The molecule has 1 amide bonds. The van der Waals surface area contributed by atoms with E-state index in [1.165, 1.54) is 19.3 Å². The standard InChI is InChI=1S/C17H22N2O2/c1-11-2-3-15(21-11)10-18-19-16(20)17-7-12-4-13(8-17)6-14(5-12)9-17/h2-3,10,12-14H,4-9H2,1H3,(H,19,20)/b18-10+. The van der Waals surface area contributed by atoms with Crippen LogP contribution in [-0.4, -0.2) is 12.1 Å². The molecule has 4 aliphatic carbocycles. The molecular weight excluding hydrogens is 264 g/mol. The highest BCUT2D eigenvalue weighted by Crippen LogP contribution is 2.60. The number of nitrogens with one attached hydrogen (secondary N) is 1. The van der Waals surface area contributed by atoms with Crippen LogP contribution in [0, 0.1) is 30.1 Å². The van der Waals surface area contributed by atoms with E-state index in [1.807, 2.05) is 19.1 Å². The van der Waals surface area contributed by atoms with Gasteiger partial charge < -0.3 is 4.42 Å². The number of hydrogen-bond donors (Lipinski definition) is 1. The fourth-order valence-corrected chi connectivity index (χ4v) is 5.18. The van der Waals surface area contributed by atoms with Crippen molar-refractivity contribution < 1.29 is 9.21 Å². The van der Waals surface area contributed by atoms with Gasteiger partial charge in [-0.3, -0.25) is 4.79 Å². The molecule has 0 aromatic carbocycles. The molecule has 0 atom stereocenters. The molecule has 5 rings (SSSR count). The van der Waals surface area contributed by atoms with Crippen molar-refractivity contribution >= 4 is 12.1 Å². The van der Waals surface area contributed by atoms with Gasteiger partial charge in [-0.05, 0) is 75.3 Å². The second-order valence-electron chi connectivity index (χ2n) is 7.35. The van der Waals surface area contributed by atoms with E-state index >= 15 is 0 Å². The van der Waals surface area contributed by atoms with Gasteiger partial charge in [-0.1, -0.05) is 0 Å². The van der Waals surface area contributed by atoms with E-state index in [9.17, 15) is 4.79 Å². The lowest BCUT2D eigenvalue weighted by molar-refractivity contribution is -0.146. The molecule has 4 saturated carbocycles. The smallest absolute Gasteiger partial charge is 0.246 e. The molecule has 4 bridgehead atoms. The summed E-state index contributed by atoms with van der Waals surface area (Å²) in [6.45, 7) is 1.89. The van der Waals surface area contributed by atoms with E-state index in [0.717, 1.165) is 42.8 Å². The number of hydrogen-bond acceptors (Lipinski definition) is 3. The van der Waals surface area contributed by atoms with E-state index in [-0.39, 0.29) is 11.3 Å². The molecule has 1 N–H and O–H groups in total. The molecule has 0 saturated heterocycles. The van der Waals surface area contributed by atoms with Crippen LogP contribution in [0.4, 0.5) is 0 Å². The summed E-state index contributed by atoms with van der Waals surface area (Å²) in [6.07, 6.45) is 8.84. The van der Waals surface area contributed by atoms with Crippen molar-refractivity contribution in [2.24, 2.45) is 28.3 Å². The van der Waals surface area contributed by atoms with Gasteiger partial charge in [0.1, 0.15) is 11.5 Å². The van der Waals surface area contributed by atoms with Gasteiger partial charge in [0.15, 0.2) is 0 Å². The quantitative estimate of drug-likeness (QED) is 0.685. The van der Waals surface area contributed by atoms with Gasteiger partial charge in [-0.2, -0.15) is 5.10 Å². The number of aryl methyl sites for hydroxylation is 1. The van der Waals surface area contributed by atoms with Crippen LogP contribution >= 0.6 is 0 Å². The molecule has 112 valence electrons. The Kier molecular flexibility index (Phi) is 2.95. The summed E-state index contributed by atoms with van der Waals surface area (Å²) in [5.74, 6) is 3.99. The zero-order chi connectivity index (χ0) is 14.4. The normalized spacial score (nSPS) is 37.3. The highest BCUT2D eigenvalue weighted by Gasteiger charge is 2.54. The highest BCUT2D eigenvalue weighted by molar-refractivity contribution is 5.85. The minimum Gasteiger partial charge on any atom is -0.460 e. The van der Waals surface area contributed by atoms with Crippen LogP contribution in [0.3, 0.4) is 0 Å². The maximum absolute atomic E-state index is 12.6. The van der Waals surface area contributed by atoms with Gasteiger partial charge in [-0.25, -0.2) is 5.43 Å². The molecule has 1 aromatic rings. The van der Waals surface area contributed by atoms with Crippen molar-refractivity contribution in [2.45, 2.75) is 45.4 Å². The van der Waals surface area contributed by atoms with Gasteiger partial charge in [0, 0.05) is 0 Å². The van der Waals surface area contributed by atoms with Crippen LogP contribution in [0.1, 0.15) is 50.0 Å². The third-order valence-electron chi connectivity index (χ3n) is 5.64. The molecule has 1 heterocycles. The number of carbonyl (C=O) groups excluding carboxylic acids is 1. The van der Waals surface area contributed by atoms with Crippen molar-refractivity contribution in [3.8, 4) is 0 Å². The third kappa shape index (κ3) is 2.30. The summed E-state index contributed by atoms with van der Waals surface area (Å²) in [5, 5.41) is 4.09. The van der Waals surface area contributed by atoms with Crippen LogP contribution in [-0.2, 0) is 4.79 Å². The van der Waals surface area contributed by atoms with Gasteiger partial charge in [-0.15, -0.1) is 0 Å². The lowest BCUT2D eigenvalue weighted by Gasteiger charge is -2.55. The van der Waals surface area contributed by atoms with Crippen LogP contribution in [0.25, 0.3) is 0 Å². The molecule has 4 aliphatic rings. The van der Waals surface area contributed by atoms with Crippen molar-refractivity contribution in [1.29, 1.82) is 0 Å². The van der Waals surface area contributed by atoms with E-state index in [0.29, 0.717) is 5.76 Å². The van der Waals surface area contributed by atoms with Crippen molar-refractivity contribution in [3.63, 3.8) is 0 Å². The molecule has 4 heteroatoms. The molecule has 21 heavy (non-hydrogen) atoms. The fourth-order valence-electron chi connectivity index (χ4n) is 5.18. The molecule has 0 spiro atoms. The predicted octanol–water partition coefficient (Wildman–Crippen LogP) is 3.25. The van der Waals surface area contributed by atoms with Gasteiger partial charge in [0.05, 0.1) is 11.6 Å². The molecule has 4 fully saturated rings. The van der Waals surface area contributed by atoms with Crippen LogP contribution in [0.2, 0.25) is 0 Å². The average Bonchev–Trinajstić information content (AvgIpc) is 2.83. The summed E-state index contributed by atoms with van der Waals surface area (Å²) in [5.41, 5.74) is 2.63. The Morgan fingerprint density at radius 3 is 2.38 bits per heavy atom. The van der Waals surface area contributed by atoms with E-state index in [4.69, 9.17) is 4.42 Å². The molecular formula is C17H22N2O2. The van der Waals surface area contributed by atoms with E-state index in [1.54, 1.807) is 6.21 Å². The summed E-state index contributed by atoms with van der Waals surface area (Å²) < 4.78 is 5.41. The minimum absolute atomic E-state index is 0.126. The summed E-state index contributed by atoms with van der Waals surface area (Å²) in [4.78, 5) is 12.6. The average molecular weight is 286 g/mol. The maximum atomic E-state index is 12.6. The number of carbonyl (C=O) groups is 1. The highest BCUT2D eigenvalue weighted by atomic mass is 16.3. The SMILES string of the molecule is Cc1ccc(/C=N/NC(=O)C23CC4CC(CC(C4)C2)C3)o1. The number of hydrazone groups is 1. The van der Waals surface area contributed by atoms with Gasteiger partial charge in [0.2, 0.25) is 5.91 Å². The summed E-state index contributed by atoms with van der Waals surface area (Å²) in [6, 6.07) is 3.75. The molecule has 1 aromatic heterocycles. The third-order valence-corrected chi connectivity index (χ3v) is 5.64. The zero-order valence-corrected chi connectivity index (χ0v) is 12.5. The van der Waals surface area contributed by atoms with E-state index in [2.05, 4.69) is 10.5 Å². The van der Waals surface area contributed by atoms with Crippen LogP contribution < -0.4 is 5.43 Å². The summed E-state index contributed by atoms with van der Waals surface area (Å²) >= 11 is 0. The number of rotatable bonds is 3. The number of nitrogens with zero attached hydrogens (tertiary/aromatic N) is 1. The topological polar surface area (TPSA) is 54.6 Å². The van der Waals surface area contributed by atoms with Crippen LogP contribution in [0.15, 0.2) is 21.7 Å².